The smallest absolute Gasteiger partial charge is 0.225 e. The molecule has 20 heavy (non-hydrogen) atoms. The number of benzene rings is 1. The van der Waals surface area contributed by atoms with E-state index >= 15 is 0 Å². The average molecular weight is 294 g/mol. The van der Waals surface area contributed by atoms with E-state index in [-0.39, 0.29) is 5.91 Å². The van der Waals surface area contributed by atoms with Crippen molar-refractivity contribution in [1.82, 2.24) is 0 Å². The number of carbonyl (C=O) groups is 1. The summed E-state index contributed by atoms with van der Waals surface area (Å²) in [6, 6.07) is 7.17. The Labute approximate surface area is 122 Å². The number of nitriles is 1. The predicted molar refractivity (Wildman–Crippen MR) is 76.3 cm³/mol. The fourth-order valence-electron chi connectivity index (χ4n) is 2.33. The van der Waals surface area contributed by atoms with Crippen molar-refractivity contribution in [2.75, 3.05) is 25.1 Å². The fraction of sp³-hybridized carbons (Fsp3) is 0.429. The van der Waals surface area contributed by atoms with Gasteiger partial charge in [-0.3, -0.25) is 4.79 Å². The van der Waals surface area contributed by atoms with E-state index in [2.05, 4.69) is 11.4 Å². The topological polar surface area (TPSA) is 88.1 Å². The van der Waals surface area contributed by atoms with Gasteiger partial charge in [-0.15, -0.1) is 0 Å². The summed E-state index contributed by atoms with van der Waals surface area (Å²) in [4.78, 5) is 11.8. The van der Waals surface area contributed by atoms with Crippen LogP contribution in [0.15, 0.2) is 18.2 Å². The van der Waals surface area contributed by atoms with Crippen molar-refractivity contribution < 1.29 is 9.53 Å². The van der Waals surface area contributed by atoms with Crippen molar-refractivity contribution in [2.24, 2.45) is 11.1 Å². The van der Waals surface area contributed by atoms with Gasteiger partial charge >= 0.3 is 0 Å². The van der Waals surface area contributed by atoms with Crippen LogP contribution in [0.4, 0.5) is 5.69 Å². The highest BCUT2D eigenvalue weighted by Crippen LogP contribution is 2.32. The quantitative estimate of drug-likeness (QED) is 0.887. The van der Waals surface area contributed by atoms with Crippen molar-refractivity contribution in [2.45, 2.75) is 12.8 Å². The summed E-state index contributed by atoms with van der Waals surface area (Å²) in [6.07, 6.45) is 1.14. The molecule has 1 heterocycles. The molecule has 0 aliphatic carbocycles. The molecule has 0 spiro atoms. The van der Waals surface area contributed by atoms with Gasteiger partial charge in [0, 0.05) is 19.8 Å². The molecule has 106 valence electrons. The molecule has 3 N–H and O–H groups in total. The molecule has 0 saturated carbocycles. The van der Waals surface area contributed by atoms with Crippen LogP contribution in [0.1, 0.15) is 18.4 Å². The van der Waals surface area contributed by atoms with Crippen LogP contribution in [-0.2, 0) is 9.53 Å². The molecule has 0 unspecified atom stereocenters. The zero-order valence-corrected chi connectivity index (χ0v) is 11.7. The Morgan fingerprint density at radius 1 is 1.50 bits per heavy atom. The van der Waals surface area contributed by atoms with E-state index < -0.39 is 5.41 Å². The second kappa shape index (κ2) is 6.12. The Bertz CT molecular complexity index is 548. The van der Waals surface area contributed by atoms with Gasteiger partial charge in [-0.1, -0.05) is 17.7 Å². The third-order valence-corrected chi connectivity index (χ3v) is 4.03. The number of anilines is 1. The zero-order valence-electron chi connectivity index (χ0n) is 11.0. The second-order valence-corrected chi connectivity index (χ2v) is 5.29. The molecular formula is C14H16ClN3O2. The summed E-state index contributed by atoms with van der Waals surface area (Å²) >= 11 is 6.10. The van der Waals surface area contributed by atoms with Crippen LogP contribution in [0.25, 0.3) is 0 Å². The Kier molecular flexibility index (Phi) is 4.48. The third kappa shape index (κ3) is 2.87. The number of ether oxygens (including phenoxy) is 1. The summed E-state index contributed by atoms with van der Waals surface area (Å²) in [5.74, 6) is -0.348. The van der Waals surface area contributed by atoms with Crippen LogP contribution >= 0.6 is 11.6 Å². The van der Waals surface area contributed by atoms with Gasteiger partial charge in [0.25, 0.3) is 0 Å². The van der Waals surface area contributed by atoms with Crippen LogP contribution in [0.5, 0.6) is 0 Å². The monoisotopic (exact) mass is 293 g/mol. The van der Waals surface area contributed by atoms with Crippen LogP contribution in [0.2, 0.25) is 5.02 Å². The first-order chi connectivity index (χ1) is 9.59. The lowest BCUT2D eigenvalue weighted by atomic mass is 9.79. The lowest BCUT2D eigenvalue weighted by molar-refractivity contribution is -0.132. The van der Waals surface area contributed by atoms with Gasteiger partial charge in [0.1, 0.15) is 6.07 Å². The molecule has 1 amide bonds. The lowest BCUT2D eigenvalue weighted by Gasteiger charge is -2.34. The number of halogens is 1. The van der Waals surface area contributed by atoms with E-state index in [1.54, 1.807) is 18.2 Å². The maximum atomic E-state index is 11.8. The van der Waals surface area contributed by atoms with Crippen molar-refractivity contribution >= 4 is 23.2 Å². The Balaban J connectivity index is 2.19. The van der Waals surface area contributed by atoms with Crippen molar-refractivity contribution in [1.29, 1.82) is 5.26 Å². The first kappa shape index (κ1) is 14.6. The minimum atomic E-state index is -0.649. The van der Waals surface area contributed by atoms with Crippen LogP contribution in [0, 0.1) is 16.7 Å². The highest BCUT2D eigenvalue weighted by Gasteiger charge is 2.38. The number of hydrogen-bond acceptors (Lipinski definition) is 4. The maximum absolute atomic E-state index is 11.8. The number of para-hydroxylation sites is 1. The van der Waals surface area contributed by atoms with Gasteiger partial charge in [0.15, 0.2) is 0 Å². The van der Waals surface area contributed by atoms with Gasteiger partial charge in [-0.25, -0.2) is 0 Å². The first-order valence-electron chi connectivity index (χ1n) is 6.39. The molecule has 1 fully saturated rings. The number of carbonyl (C=O) groups excluding carboxylic acids is 1. The van der Waals surface area contributed by atoms with Crippen molar-refractivity contribution in [3.8, 4) is 6.07 Å². The van der Waals surface area contributed by atoms with E-state index in [1.165, 1.54) is 0 Å². The summed E-state index contributed by atoms with van der Waals surface area (Å²) in [7, 11) is 0. The normalized spacial score (nSPS) is 17.2. The highest BCUT2D eigenvalue weighted by atomic mass is 35.5. The fourth-order valence-corrected chi connectivity index (χ4v) is 2.57. The first-order valence-corrected chi connectivity index (χ1v) is 6.77. The molecular weight excluding hydrogens is 278 g/mol. The number of nitrogens with two attached hydrogens (primary N) is 1. The van der Waals surface area contributed by atoms with Gasteiger partial charge in [-0.2, -0.15) is 5.26 Å². The molecule has 0 radical (unpaired) electrons. The molecule has 1 aromatic carbocycles. The molecule has 1 saturated heterocycles. The summed E-state index contributed by atoms with van der Waals surface area (Å²) in [5.41, 5.74) is 5.89. The van der Waals surface area contributed by atoms with E-state index in [9.17, 15) is 4.79 Å². The molecule has 5 nitrogen and oxygen atoms in total. The molecule has 2 rings (SSSR count). The Morgan fingerprint density at radius 2 is 2.20 bits per heavy atom. The zero-order chi connectivity index (χ0) is 14.6. The molecule has 0 bridgehead atoms. The summed E-state index contributed by atoms with van der Waals surface area (Å²) in [5, 5.41) is 12.7. The standard InChI is InChI=1S/C14H16ClN3O2/c15-11-3-1-2-10(8-16)12(11)18-9-14(13(17)19)4-6-20-7-5-14/h1-3,18H,4-7,9H2,(H2,17,19). The van der Waals surface area contributed by atoms with E-state index in [0.717, 1.165) is 0 Å². The van der Waals surface area contributed by atoms with E-state index in [1.807, 2.05) is 0 Å². The van der Waals surface area contributed by atoms with Gasteiger partial charge < -0.3 is 15.8 Å². The molecule has 0 atom stereocenters. The van der Waals surface area contributed by atoms with Gasteiger partial charge in [0.2, 0.25) is 5.91 Å². The number of nitrogens with one attached hydrogen (secondary N) is 1. The van der Waals surface area contributed by atoms with Crippen LogP contribution < -0.4 is 11.1 Å². The van der Waals surface area contributed by atoms with Gasteiger partial charge in [0.05, 0.1) is 21.7 Å². The number of nitrogens with zero attached hydrogens (tertiary/aromatic N) is 1. The molecule has 1 aliphatic heterocycles. The number of amides is 1. The number of rotatable bonds is 4. The molecule has 0 aromatic heterocycles. The van der Waals surface area contributed by atoms with Crippen LogP contribution in [-0.4, -0.2) is 25.7 Å². The number of hydrogen-bond donors (Lipinski definition) is 2. The maximum Gasteiger partial charge on any atom is 0.225 e. The SMILES string of the molecule is N#Cc1cccc(Cl)c1NCC1(C(N)=O)CCOCC1. The minimum Gasteiger partial charge on any atom is -0.382 e. The highest BCUT2D eigenvalue weighted by molar-refractivity contribution is 6.33. The summed E-state index contributed by atoms with van der Waals surface area (Å²) < 4.78 is 5.28. The predicted octanol–water partition coefficient (Wildman–Crippen LogP) is 1.91. The van der Waals surface area contributed by atoms with Crippen molar-refractivity contribution in [3.63, 3.8) is 0 Å². The molecule has 6 heteroatoms. The largest absolute Gasteiger partial charge is 0.382 e. The van der Waals surface area contributed by atoms with Crippen molar-refractivity contribution in [3.05, 3.63) is 28.8 Å². The van der Waals surface area contributed by atoms with Gasteiger partial charge in [-0.05, 0) is 25.0 Å². The molecule has 1 aliphatic rings. The van der Waals surface area contributed by atoms with E-state index in [0.29, 0.717) is 48.9 Å². The Hall–Kier alpha value is -1.77. The Morgan fingerprint density at radius 3 is 2.80 bits per heavy atom. The molecule has 1 aromatic rings. The second-order valence-electron chi connectivity index (χ2n) is 4.88. The average Bonchev–Trinajstić information content (AvgIpc) is 2.46. The lowest BCUT2D eigenvalue weighted by Crippen LogP contribution is -2.46. The minimum absolute atomic E-state index is 0.348. The summed E-state index contributed by atoms with van der Waals surface area (Å²) in [6.45, 7) is 1.38. The van der Waals surface area contributed by atoms with E-state index in [4.69, 9.17) is 27.3 Å². The third-order valence-electron chi connectivity index (χ3n) is 3.71. The number of primary amides is 1. The van der Waals surface area contributed by atoms with Crippen LogP contribution in [0.3, 0.4) is 0 Å².